The standard InChI is InChI=1S/C17H10BrClO/c18-15-6-3-12-9-14(2-1-13(12)10-15)17(20)11-4-7-16(19)8-5-11/h1-10H. The summed E-state index contributed by atoms with van der Waals surface area (Å²) in [6, 6.07) is 18.7. The van der Waals surface area contributed by atoms with E-state index in [0.29, 0.717) is 16.1 Å². The molecule has 3 rings (SSSR count). The minimum absolute atomic E-state index is 0.00601. The van der Waals surface area contributed by atoms with Gasteiger partial charge in [0.15, 0.2) is 5.78 Å². The Morgan fingerprint density at radius 3 is 2.15 bits per heavy atom. The minimum Gasteiger partial charge on any atom is -0.289 e. The summed E-state index contributed by atoms with van der Waals surface area (Å²) in [5, 5.41) is 2.78. The largest absolute Gasteiger partial charge is 0.289 e. The van der Waals surface area contributed by atoms with Crippen molar-refractivity contribution in [3.8, 4) is 0 Å². The molecule has 0 N–H and O–H groups in total. The fraction of sp³-hybridized carbons (Fsp3) is 0. The third-order valence-corrected chi connectivity index (χ3v) is 3.92. The Labute approximate surface area is 130 Å². The van der Waals surface area contributed by atoms with Gasteiger partial charge < -0.3 is 0 Å². The lowest BCUT2D eigenvalue weighted by Crippen LogP contribution is -2.00. The van der Waals surface area contributed by atoms with Gasteiger partial charge >= 0.3 is 0 Å². The van der Waals surface area contributed by atoms with Gasteiger partial charge in [-0.1, -0.05) is 45.7 Å². The zero-order chi connectivity index (χ0) is 14.1. The van der Waals surface area contributed by atoms with Crippen LogP contribution in [0.4, 0.5) is 0 Å². The summed E-state index contributed by atoms with van der Waals surface area (Å²) in [5.74, 6) is 0.00601. The zero-order valence-electron chi connectivity index (χ0n) is 10.4. The molecular weight excluding hydrogens is 336 g/mol. The number of halogens is 2. The van der Waals surface area contributed by atoms with Crippen LogP contribution in [0, 0.1) is 0 Å². The van der Waals surface area contributed by atoms with Gasteiger partial charge in [-0.15, -0.1) is 0 Å². The third kappa shape index (κ3) is 2.62. The summed E-state index contributed by atoms with van der Waals surface area (Å²) in [5.41, 5.74) is 1.33. The average Bonchev–Trinajstić information content (AvgIpc) is 2.47. The first-order valence-corrected chi connectivity index (χ1v) is 7.30. The van der Waals surface area contributed by atoms with Gasteiger partial charge in [0.25, 0.3) is 0 Å². The summed E-state index contributed by atoms with van der Waals surface area (Å²) < 4.78 is 1.03. The predicted molar refractivity (Wildman–Crippen MR) is 86.5 cm³/mol. The first kappa shape index (κ1) is 13.3. The molecule has 0 fully saturated rings. The van der Waals surface area contributed by atoms with Crippen molar-refractivity contribution in [3.63, 3.8) is 0 Å². The maximum atomic E-state index is 12.4. The molecule has 3 aromatic carbocycles. The van der Waals surface area contributed by atoms with E-state index in [-0.39, 0.29) is 5.78 Å². The average molecular weight is 346 g/mol. The van der Waals surface area contributed by atoms with Crippen LogP contribution in [0.15, 0.2) is 65.1 Å². The molecule has 0 aromatic heterocycles. The maximum absolute atomic E-state index is 12.4. The van der Waals surface area contributed by atoms with Crippen molar-refractivity contribution in [3.05, 3.63) is 81.3 Å². The molecule has 98 valence electrons. The molecule has 0 radical (unpaired) electrons. The molecule has 0 aliphatic rings. The van der Waals surface area contributed by atoms with E-state index in [1.165, 1.54) is 0 Å². The summed E-state index contributed by atoms with van der Waals surface area (Å²) in [4.78, 5) is 12.4. The van der Waals surface area contributed by atoms with Crippen LogP contribution in [0.25, 0.3) is 10.8 Å². The first-order chi connectivity index (χ1) is 9.63. The second-order valence-electron chi connectivity index (χ2n) is 4.54. The number of fused-ring (bicyclic) bond motifs is 1. The lowest BCUT2D eigenvalue weighted by Gasteiger charge is -2.04. The predicted octanol–water partition coefficient (Wildman–Crippen LogP) is 5.49. The molecule has 3 heteroatoms. The normalized spacial score (nSPS) is 10.7. The number of ketones is 1. The maximum Gasteiger partial charge on any atom is 0.193 e. The summed E-state index contributed by atoms with van der Waals surface area (Å²) in [6.45, 7) is 0. The zero-order valence-corrected chi connectivity index (χ0v) is 12.8. The molecule has 0 aliphatic carbocycles. The highest BCUT2D eigenvalue weighted by Crippen LogP contribution is 2.22. The number of hydrogen-bond donors (Lipinski definition) is 0. The SMILES string of the molecule is O=C(c1ccc(Cl)cc1)c1ccc2cc(Br)ccc2c1. The van der Waals surface area contributed by atoms with Gasteiger partial charge in [-0.3, -0.25) is 4.79 Å². The summed E-state index contributed by atoms with van der Waals surface area (Å²) >= 11 is 9.28. The fourth-order valence-corrected chi connectivity index (χ4v) is 2.63. The van der Waals surface area contributed by atoms with E-state index in [0.717, 1.165) is 15.2 Å². The van der Waals surface area contributed by atoms with E-state index >= 15 is 0 Å². The van der Waals surface area contributed by atoms with Gasteiger partial charge in [-0.05, 0) is 53.2 Å². The van der Waals surface area contributed by atoms with E-state index in [1.807, 2.05) is 36.4 Å². The monoisotopic (exact) mass is 344 g/mol. The van der Waals surface area contributed by atoms with Gasteiger partial charge in [0.2, 0.25) is 0 Å². The van der Waals surface area contributed by atoms with Crippen molar-refractivity contribution in [2.45, 2.75) is 0 Å². The van der Waals surface area contributed by atoms with E-state index in [4.69, 9.17) is 11.6 Å². The molecule has 1 nitrogen and oxygen atoms in total. The fourth-order valence-electron chi connectivity index (χ4n) is 2.13. The Balaban J connectivity index is 2.03. The van der Waals surface area contributed by atoms with Gasteiger partial charge in [0.1, 0.15) is 0 Å². The quantitative estimate of drug-likeness (QED) is 0.562. The van der Waals surface area contributed by atoms with Crippen molar-refractivity contribution in [1.82, 2.24) is 0 Å². The highest BCUT2D eigenvalue weighted by molar-refractivity contribution is 9.10. The molecule has 0 saturated carbocycles. The van der Waals surface area contributed by atoms with Crippen molar-refractivity contribution >= 4 is 44.1 Å². The smallest absolute Gasteiger partial charge is 0.193 e. The van der Waals surface area contributed by atoms with Crippen LogP contribution < -0.4 is 0 Å². The molecule has 0 saturated heterocycles. The van der Waals surface area contributed by atoms with Crippen molar-refractivity contribution in [1.29, 1.82) is 0 Å². The Bertz CT molecular complexity index is 794. The summed E-state index contributed by atoms with van der Waals surface area (Å²) in [7, 11) is 0. The van der Waals surface area contributed by atoms with Crippen molar-refractivity contribution in [2.24, 2.45) is 0 Å². The topological polar surface area (TPSA) is 17.1 Å². The molecule has 3 aromatic rings. The molecule has 0 amide bonds. The van der Waals surface area contributed by atoms with E-state index < -0.39 is 0 Å². The molecule has 0 atom stereocenters. The molecule has 0 spiro atoms. The van der Waals surface area contributed by atoms with Gasteiger partial charge in [0.05, 0.1) is 0 Å². The molecule has 0 aliphatic heterocycles. The van der Waals surface area contributed by atoms with Gasteiger partial charge in [-0.2, -0.15) is 0 Å². The molecular formula is C17H10BrClO. The van der Waals surface area contributed by atoms with Crippen LogP contribution in [0.5, 0.6) is 0 Å². The minimum atomic E-state index is 0.00601. The number of carbonyl (C=O) groups excluding carboxylic acids is 1. The van der Waals surface area contributed by atoms with Crippen LogP contribution in [0.2, 0.25) is 5.02 Å². The lowest BCUT2D eigenvalue weighted by molar-refractivity contribution is 0.103. The number of benzene rings is 3. The second-order valence-corrected chi connectivity index (χ2v) is 5.89. The Hall–Kier alpha value is -1.64. The number of rotatable bonds is 2. The molecule has 0 unspecified atom stereocenters. The Morgan fingerprint density at radius 1 is 0.800 bits per heavy atom. The van der Waals surface area contributed by atoms with E-state index in [2.05, 4.69) is 15.9 Å². The van der Waals surface area contributed by atoms with Crippen LogP contribution >= 0.6 is 27.5 Å². The Morgan fingerprint density at radius 2 is 1.40 bits per heavy atom. The van der Waals surface area contributed by atoms with Crippen molar-refractivity contribution in [2.75, 3.05) is 0 Å². The molecule has 20 heavy (non-hydrogen) atoms. The molecule has 0 heterocycles. The summed E-state index contributed by atoms with van der Waals surface area (Å²) in [6.07, 6.45) is 0. The van der Waals surface area contributed by atoms with E-state index in [9.17, 15) is 4.79 Å². The van der Waals surface area contributed by atoms with Crippen LogP contribution in [-0.2, 0) is 0 Å². The van der Waals surface area contributed by atoms with E-state index in [1.54, 1.807) is 24.3 Å². The highest BCUT2D eigenvalue weighted by Gasteiger charge is 2.09. The highest BCUT2D eigenvalue weighted by atomic mass is 79.9. The number of carbonyl (C=O) groups is 1. The van der Waals surface area contributed by atoms with Crippen LogP contribution in [-0.4, -0.2) is 5.78 Å². The van der Waals surface area contributed by atoms with Gasteiger partial charge in [-0.25, -0.2) is 0 Å². The van der Waals surface area contributed by atoms with Crippen LogP contribution in [0.1, 0.15) is 15.9 Å². The molecule has 0 bridgehead atoms. The van der Waals surface area contributed by atoms with Crippen molar-refractivity contribution < 1.29 is 4.79 Å². The Kier molecular flexibility index (Phi) is 3.60. The first-order valence-electron chi connectivity index (χ1n) is 6.13. The second kappa shape index (κ2) is 5.39. The van der Waals surface area contributed by atoms with Crippen LogP contribution in [0.3, 0.4) is 0 Å². The number of hydrogen-bond acceptors (Lipinski definition) is 1. The third-order valence-electron chi connectivity index (χ3n) is 3.17. The van der Waals surface area contributed by atoms with Gasteiger partial charge in [0, 0.05) is 20.6 Å². The lowest BCUT2D eigenvalue weighted by atomic mass is 10.00.